The molecule has 2 aromatic heterocycles. The highest BCUT2D eigenvalue weighted by atomic mass is 32.2. The van der Waals surface area contributed by atoms with E-state index in [1.54, 1.807) is 11.7 Å². The molecule has 2 N–H and O–H groups in total. The summed E-state index contributed by atoms with van der Waals surface area (Å²) in [4.78, 5) is 41.7. The molecule has 25 heavy (non-hydrogen) atoms. The summed E-state index contributed by atoms with van der Waals surface area (Å²) in [6.45, 7) is 3.67. The van der Waals surface area contributed by atoms with Crippen LogP contribution >= 0.6 is 11.8 Å². The minimum atomic E-state index is -0.491. The second kappa shape index (κ2) is 7.97. The normalized spacial score (nSPS) is 10.6. The lowest BCUT2D eigenvalue weighted by molar-refractivity contribution is -0.139. The van der Waals surface area contributed by atoms with Crippen LogP contribution in [0.2, 0.25) is 0 Å². The molecule has 2 aromatic rings. The Balaban J connectivity index is 2.02. The number of ether oxygens (including phenoxy) is 1. The van der Waals surface area contributed by atoms with Crippen LogP contribution in [-0.2, 0) is 27.8 Å². The minimum absolute atomic E-state index is 0.0540. The maximum Gasteiger partial charge on any atom is 0.311 e. The zero-order chi connectivity index (χ0) is 18.6. The first kappa shape index (κ1) is 18.7. The van der Waals surface area contributed by atoms with E-state index in [0.29, 0.717) is 5.69 Å². The van der Waals surface area contributed by atoms with E-state index in [0.717, 1.165) is 23.1 Å². The first-order valence-electron chi connectivity index (χ1n) is 7.40. The Bertz CT molecular complexity index is 858. The van der Waals surface area contributed by atoms with Crippen molar-refractivity contribution < 1.29 is 14.3 Å². The third kappa shape index (κ3) is 4.92. The summed E-state index contributed by atoms with van der Waals surface area (Å²) in [5, 5.41) is 7.30. The molecule has 0 radical (unpaired) electrons. The Labute approximate surface area is 148 Å². The molecule has 0 saturated carbocycles. The quantitative estimate of drug-likeness (QED) is 0.436. The largest absolute Gasteiger partial charge is 0.469 e. The zero-order valence-corrected chi connectivity index (χ0v) is 15.2. The standard InChI is InChI=1S/C15H19N5O4S/c1-8-14(9(2)20(3)19-8)17-12(22)7-25-15-16-10(5-11(21)18-15)6-13(23)24-4/h5H,6-7H2,1-4H3,(H,17,22)(H,16,18,21). The summed E-state index contributed by atoms with van der Waals surface area (Å²) in [7, 11) is 3.06. The number of rotatable bonds is 6. The summed E-state index contributed by atoms with van der Waals surface area (Å²) in [5.41, 5.74) is 2.15. The van der Waals surface area contributed by atoms with Gasteiger partial charge < -0.3 is 15.0 Å². The third-order valence-corrected chi connectivity index (χ3v) is 4.31. The summed E-state index contributed by atoms with van der Waals surface area (Å²) < 4.78 is 6.24. The fraction of sp³-hybridized carbons (Fsp3) is 0.400. The number of carbonyl (C=O) groups excluding carboxylic acids is 2. The molecule has 0 saturated heterocycles. The number of aromatic nitrogens is 4. The van der Waals surface area contributed by atoms with E-state index in [1.807, 2.05) is 13.8 Å². The van der Waals surface area contributed by atoms with Gasteiger partial charge in [0.2, 0.25) is 5.91 Å². The Hall–Kier alpha value is -2.62. The number of thioether (sulfide) groups is 1. The Morgan fingerprint density at radius 3 is 2.72 bits per heavy atom. The van der Waals surface area contributed by atoms with Gasteiger partial charge in [0.1, 0.15) is 0 Å². The molecule has 2 rings (SSSR count). The van der Waals surface area contributed by atoms with E-state index in [9.17, 15) is 14.4 Å². The fourth-order valence-corrected chi connectivity index (χ4v) is 2.82. The highest BCUT2D eigenvalue weighted by molar-refractivity contribution is 7.99. The van der Waals surface area contributed by atoms with E-state index in [-0.39, 0.29) is 28.9 Å². The van der Waals surface area contributed by atoms with Crippen LogP contribution in [0.25, 0.3) is 0 Å². The topological polar surface area (TPSA) is 119 Å². The highest BCUT2D eigenvalue weighted by Crippen LogP contribution is 2.19. The van der Waals surface area contributed by atoms with Crippen LogP contribution in [0.1, 0.15) is 17.1 Å². The number of amides is 1. The van der Waals surface area contributed by atoms with Gasteiger partial charge in [0.05, 0.1) is 42.1 Å². The third-order valence-electron chi connectivity index (χ3n) is 3.44. The van der Waals surface area contributed by atoms with Gasteiger partial charge in [-0.05, 0) is 13.8 Å². The maximum absolute atomic E-state index is 12.1. The van der Waals surface area contributed by atoms with Gasteiger partial charge in [0.25, 0.3) is 5.56 Å². The summed E-state index contributed by atoms with van der Waals surface area (Å²) in [5.74, 6) is -0.683. The van der Waals surface area contributed by atoms with Crippen molar-refractivity contribution >= 4 is 29.3 Å². The SMILES string of the molecule is COC(=O)Cc1cc(=O)[nH]c(SCC(=O)Nc2c(C)nn(C)c2C)n1. The number of carbonyl (C=O) groups is 2. The van der Waals surface area contributed by atoms with Gasteiger partial charge in [0, 0.05) is 13.1 Å². The number of hydrogen-bond acceptors (Lipinski definition) is 7. The Kier molecular flexibility index (Phi) is 5.97. The van der Waals surface area contributed by atoms with Crippen molar-refractivity contribution in [1.29, 1.82) is 0 Å². The van der Waals surface area contributed by atoms with Crippen LogP contribution in [0.3, 0.4) is 0 Å². The van der Waals surface area contributed by atoms with E-state index in [2.05, 4.69) is 25.1 Å². The van der Waals surface area contributed by atoms with Gasteiger partial charge in [-0.2, -0.15) is 5.10 Å². The number of methoxy groups -OCH3 is 1. The van der Waals surface area contributed by atoms with Crippen molar-refractivity contribution in [1.82, 2.24) is 19.7 Å². The molecule has 0 spiro atoms. The number of H-pyrrole nitrogens is 1. The number of aromatic amines is 1. The van der Waals surface area contributed by atoms with Gasteiger partial charge in [-0.3, -0.25) is 19.1 Å². The molecule has 0 unspecified atom stereocenters. The number of aryl methyl sites for hydroxylation is 2. The van der Waals surface area contributed by atoms with Gasteiger partial charge in [-0.1, -0.05) is 11.8 Å². The van der Waals surface area contributed by atoms with E-state index in [1.165, 1.54) is 13.2 Å². The second-order valence-electron chi connectivity index (χ2n) is 5.30. The molecule has 0 aromatic carbocycles. The maximum atomic E-state index is 12.1. The predicted octanol–water partition coefficient (Wildman–Crippen LogP) is 0.567. The van der Waals surface area contributed by atoms with Crippen molar-refractivity contribution in [2.45, 2.75) is 25.4 Å². The molecule has 0 fully saturated rings. The predicted molar refractivity (Wildman–Crippen MR) is 92.6 cm³/mol. The van der Waals surface area contributed by atoms with E-state index < -0.39 is 11.5 Å². The number of nitrogens with one attached hydrogen (secondary N) is 2. The van der Waals surface area contributed by atoms with Crippen molar-refractivity contribution in [3.05, 3.63) is 33.5 Å². The van der Waals surface area contributed by atoms with Crippen molar-refractivity contribution in [2.75, 3.05) is 18.2 Å². The van der Waals surface area contributed by atoms with Crippen LogP contribution in [-0.4, -0.2) is 44.5 Å². The molecular formula is C15H19N5O4S. The van der Waals surface area contributed by atoms with E-state index >= 15 is 0 Å². The lowest BCUT2D eigenvalue weighted by Crippen LogP contribution is -2.17. The number of anilines is 1. The molecule has 134 valence electrons. The number of hydrogen-bond donors (Lipinski definition) is 2. The highest BCUT2D eigenvalue weighted by Gasteiger charge is 2.14. The van der Waals surface area contributed by atoms with Gasteiger partial charge >= 0.3 is 5.97 Å². The van der Waals surface area contributed by atoms with Gasteiger partial charge in [-0.25, -0.2) is 4.98 Å². The Morgan fingerprint density at radius 1 is 1.40 bits per heavy atom. The molecule has 10 heteroatoms. The van der Waals surface area contributed by atoms with Crippen molar-refractivity contribution in [3.63, 3.8) is 0 Å². The molecule has 9 nitrogen and oxygen atoms in total. The second-order valence-corrected chi connectivity index (χ2v) is 6.27. The molecular weight excluding hydrogens is 346 g/mol. The van der Waals surface area contributed by atoms with Gasteiger partial charge in [0.15, 0.2) is 5.16 Å². The van der Waals surface area contributed by atoms with Crippen LogP contribution in [0.15, 0.2) is 16.0 Å². The van der Waals surface area contributed by atoms with Crippen LogP contribution in [0.5, 0.6) is 0 Å². The molecule has 2 heterocycles. The monoisotopic (exact) mass is 365 g/mol. The molecule has 0 aliphatic carbocycles. The smallest absolute Gasteiger partial charge is 0.311 e. The first-order valence-corrected chi connectivity index (χ1v) is 8.38. The molecule has 0 aliphatic heterocycles. The first-order chi connectivity index (χ1) is 11.8. The summed E-state index contributed by atoms with van der Waals surface area (Å²) in [6.07, 6.45) is -0.103. The minimum Gasteiger partial charge on any atom is -0.469 e. The molecule has 0 aliphatic rings. The number of esters is 1. The van der Waals surface area contributed by atoms with Crippen LogP contribution in [0.4, 0.5) is 5.69 Å². The lowest BCUT2D eigenvalue weighted by Gasteiger charge is -2.06. The summed E-state index contributed by atoms with van der Waals surface area (Å²) in [6, 6.07) is 1.23. The van der Waals surface area contributed by atoms with Crippen LogP contribution in [0, 0.1) is 13.8 Å². The molecule has 1 amide bonds. The Morgan fingerprint density at radius 2 is 2.12 bits per heavy atom. The average Bonchev–Trinajstić information content (AvgIpc) is 2.78. The summed E-state index contributed by atoms with van der Waals surface area (Å²) >= 11 is 1.07. The molecule has 0 atom stereocenters. The lowest BCUT2D eigenvalue weighted by atomic mass is 10.3. The number of nitrogens with zero attached hydrogens (tertiary/aromatic N) is 3. The van der Waals surface area contributed by atoms with Gasteiger partial charge in [-0.15, -0.1) is 0 Å². The molecule has 0 bridgehead atoms. The van der Waals surface area contributed by atoms with Crippen molar-refractivity contribution in [3.8, 4) is 0 Å². The average molecular weight is 365 g/mol. The van der Waals surface area contributed by atoms with Crippen molar-refractivity contribution in [2.24, 2.45) is 7.05 Å². The fourth-order valence-electron chi connectivity index (χ4n) is 2.13. The van der Waals surface area contributed by atoms with Crippen LogP contribution < -0.4 is 10.9 Å². The zero-order valence-electron chi connectivity index (χ0n) is 14.4. The van der Waals surface area contributed by atoms with E-state index in [4.69, 9.17) is 0 Å².